The number of para-hydroxylation sites is 1. The van der Waals surface area contributed by atoms with E-state index in [2.05, 4.69) is 0 Å². The zero-order chi connectivity index (χ0) is 12.8. The zero-order valence-corrected chi connectivity index (χ0v) is 10.0. The molecule has 2 aromatic rings. The number of hydrogen-bond donors (Lipinski definition) is 2. The van der Waals surface area contributed by atoms with Crippen LogP contribution < -0.4 is 20.9 Å². The first kappa shape index (κ1) is 12.1. The summed E-state index contributed by atoms with van der Waals surface area (Å²) in [4.78, 5) is 0. The van der Waals surface area contributed by atoms with E-state index in [4.69, 9.17) is 20.9 Å². The van der Waals surface area contributed by atoms with Crippen molar-refractivity contribution in [3.05, 3.63) is 48.5 Å². The van der Waals surface area contributed by atoms with Crippen molar-refractivity contribution in [2.45, 2.75) is 0 Å². The van der Waals surface area contributed by atoms with Gasteiger partial charge in [-0.15, -0.1) is 0 Å². The van der Waals surface area contributed by atoms with Crippen molar-refractivity contribution in [2.75, 3.05) is 24.7 Å². The first-order valence-electron chi connectivity index (χ1n) is 5.71. The molecule has 2 aromatic carbocycles. The van der Waals surface area contributed by atoms with E-state index in [9.17, 15) is 0 Å². The summed E-state index contributed by atoms with van der Waals surface area (Å²) in [6.07, 6.45) is 0. The predicted octanol–water partition coefficient (Wildman–Crippen LogP) is 2.31. The third-order valence-corrected chi connectivity index (χ3v) is 2.39. The Hall–Kier alpha value is -2.36. The molecule has 0 saturated heterocycles. The maximum atomic E-state index is 5.77. The van der Waals surface area contributed by atoms with Crippen molar-refractivity contribution in [2.24, 2.45) is 0 Å². The molecule has 0 unspecified atom stereocenters. The molecule has 4 heteroatoms. The molecule has 0 aliphatic carbocycles. The molecule has 0 fully saturated rings. The van der Waals surface area contributed by atoms with E-state index in [0.717, 1.165) is 5.75 Å². The summed E-state index contributed by atoms with van der Waals surface area (Å²) in [5.41, 5.74) is 12.5. The Morgan fingerprint density at radius 1 is 0.833 bits per heavy atom. The highest BCUT2D eigenvalue weighted by molar-refractivity contribution is 5.60. The molecule has 0 radical (unpaired) electrons. The van der Waals surface area contributed by atoms with Gasteiger partial charge in [-0.1, -0.05) is 18.2 Å². The maximum absolute atomic E-state index is 5.77. The first-order chi connectivity index (χ1) is 8.75. The minimum absolute atomic E-state index is 0.434. The van der Waals surface area contributed by atoms with E-state index in [-0.39, 0.29) is 0 Å². The number of nitrogen functional groups attached to an aromatic ring is 2. The van der Waals surface area contributed by atoms with Gasteiger partial charge in [-0.2, -0.15) is 0 Å². The Kier molecular flexibility index (Phi) is 3.91. The molecule has 0 heterocycles. The third-order valence-electron chi connectivity index (χ3n) is 2.39. The van der Waals surface area contributed by atoms with Crippen molar-refractivity contribution in [3.8, 4) is 11.5 Å². The summed E-state index contributed by atoms with van der Waals surface area (Å²) in [7, 11) is 0. The predicted molar refractivity (Wildman–Crippen MR) is 72.7 cm³/mol. The molecule has 0 aliphatic rings. The van der Waals surface area contributed by atoms with Crippen LogP contribution in [0.5, 0.6) is 11.5 Å². The third kappa shape index (κ3) is 3.31. The van der Waals surface area contributed by atoms with Crippen LogP contribution in [0.15, 0.2) is 48.5 Å². The molecule has 4 N–H and O–H groups in total. The highest BCUT2D eigenvalue weighted by Gasteiger charge is 2.00. The van der Waals surface area contributed by atoms with E-state index >= 15 is 0 Å². The monoisotopic (exact) mass is 244 g/mol. The number of hydrogen-bond acceptors (Lipinski definition) is 4. The van der Waals surface area contributed by atoms with Gasteiger partial charge in [0, 0.05) is 5.69 Å². The quantitative estimate of drug-likeness (QED) is 0.625. The fraction of sp³-hybridized carbons (Fsp3) is 0.143. The van der Waals surface area contributed by atoms with E-state index in [1.807, 2.05) is 30.3 Å². The molecule has 0 amide bonds. The van der Waals surface area contributed by atoms with Gasteiger partial charge in [0.15, 0.2) is 0 Å². The summed E-state index contributed by atoms with van der Waals surface area (Å²) >= 11 is 0. The number of benzene rings is 2. The lowest BCUT2D eigenvalue weighted by Gasteiger charge is -2.10. The zero-order valence-electron chi connectivity index (χ0n) is 10.0. The van der Waals surface area contributed by atoms with Gasteiger partial charge in [0.2, 0.25) is 0 Å². The highest BCUT2D eigenvalue weighted by Crippen LogP contribution is 2.23. The Morgan fingerprint density at radius 3 is 2.28 bits per heavy atom. The standard InChI is InChI=1S/C14H16N2O2/c15-11-6-7-14(13(16)10-11)18-9-8-17-12-4-2-1-3-5-12/h1-7,10H,8-9,15-16H2. The number of ether oxygens (including phenoxy) is 2. The van der Waals surface area contributed by atoms with Gasteiger partial charge < -0.3 is 20.9 Å². The van der Waals surface area contributed by atoms with Gasteiger partial charge >= 0.3 is 0 Å². The molecule has 18 heavy (non-hydrogen) atoms. The molecule has 0 saturated carbocycles. The van der Waals surface area contributed by atoms with Crippen molar-refractivity contribution in [1.29, 1.82) is 0 Å². The molecule has 2 rings (SSSR count). The molecule has 0 spiro atoms. The summed E-state index contributed by atoms with van der Waals surface area (Å²) < 4.78 is 11.0. The normalized spacial score (nSPS) is 10.0. The lowest BCUT2D eigenvalue weighted by Crippen LogP contribution is -2.10. The summed E-state index contributed by atoms with van der Waals surface area (Å²) in [6, 6.07) is 14.8. The fourth-order valence-corrected chi connectivity index (χ4v) is 1.53. The lowest BCUT2D eigenvalue weighted by molar-refractivity contribution is 0.218. The highest BCUT2D eigenvalue weighted by atomic mass is 16.5. The van der Waals surface area contributed by atoms with Crippen LogP contribution >= 0.6 is 0 Å². The second-order valence-corrected chi connectivity index (χ2v) is 3.81. The van der Waals surface area contributed by atoms with Crippen molar-refractivity contribution in [3.63, 3.8) is 0 Å². The Bertz CT molecular complexity index is 500. The Balaban J connectivity index is 1.79. The van der Waals surface area contributed by atoms with Gasteiger partial charge in [-0.3, -0.25) is 0 Å². The van der Waals surface area contributed by atoms with Crippen LogP contribution in [0.25, 0.3) is 0 Å². The van der Waals surface area contributed by atoms with Crippen LogP contribution in [0.4, 0.5) is 11.4 Å². The van der Waals surface area contributed by atoms with Crippen molar-refractivity contribution < 1.29 is 9.47 Å². The maximum Gasteiger partial charge on any atom is 0.142 e. The van der Waals surface area contributed by atoms with Crippen molar-refractivity contribution in [1.82, 2.24) is 0 Å². The van der Waals surface area contributed by atoms with E-state index < -0.39 is 0 Å². The fourth-order valence-electron chi connectivity index (χ4n) is 1.53. The molecular formula is C14H16N2O2. The summed E-state index contributed by atoms with van der Waals surface area (Å²) in [5.74, 6) is 1.45. The van der Waals surface area contributed by atoms with Crippen LogP contribution in [0, 0.1) is 0 Å². The second kappa shape index (κ2) is 5.82. The lowest BCUT2D eigenvalue weighted by atomic mass is 10.2. The van der Waals surface area contributed by atoms with E-state index in [1.165, 1.54) is 0 Å². The van der Waals surface area contributed by atoms with Crippen LogP contribution in [0.3, 0.4) is 0 Å². The van der Waals surface area contributed by atoms with Gasteiger partial charge in [-0.05, 0) is 30.3 Å². The topological polar surface area (TPSA) is 70.5 Å². The molecule has 4 nitrogen and oxygen atoms in total. The van der Waals surface area contributed by atoms with Crippen LogP contribution in [0.2, 0.25) is 0 Å². The Labute approximate surface area is 106 Å². The molecule has 0 bridgehead atoms. The average Bonchev–Trinajstić information content (AvgIpc) is 2.38. The summed E-state index contributed by atoms with van der Waals surface area (Å²) in [5, 5.41) is 0. The minimum atomic E-state index is 0.434. The van der Waals surface area contributed by atoms with Crippen LogP contribution in [0.1, 0.15) is 0 Å². The number of anilines is 2. The van der Waals surface area contributed by atoms with Crippen LogP contribution in [-0.2, 0) is 0 Å². The van der Waals surface area contributed by atoms with Crippen LogP contribution in [-0.4, -0.2) is 13.2 Å². The molecule has 0 aliphatic heterocycles. The van der Waals surface area contributed by atoms with Gasteiger partial charge in [0.05, 0.1) is 5.69 Å². The summed E-state index contributed by atoms with van der Waals surface area (Å²) in [6.45, 7) is 0.900. The molecule has 0 aromatic heterocycles. The molecule has 94 valence electrons. The second-order valence-electron chi connectivity index (χ2n) is 3.81. The minimum Gasteiger partial charge on any atom is -0.490 e. The molecular weight excluding hydrogens is 228 g/mol. The largest absolute Gasteiger partial charge is 0.490 e. The van der Waals surface area contributed by atoms with E-state index in [0.29, 0.717) is 30.3 Å². The molecule has 0 atom stereocenters. The average molecular weight is 244 g/mol. The van der Waals surface area contributed by atoms with Crippen molar-refractivity contribution >= 4 is 11.4 Å². The number of nitrogens with two attached hydrogens (primary N) is 2. The van der Waals surface area contributed by atoms with Gasteiger partial charge in [0.1, 0.15) is 24.7 Å². The SMILES string of the molecule is Nc1ccc(OCCOc2ccccc2)c(N)c1. The van der Waals surface area contributed by atoms with E-state index in [1.54, 1.807) is 18.2 Å². The van der Waals surface area contributed by atoms with Gasteiger partial charge in [0.25, 0.3) is 0 Å². The Morgan fingerprint density at radius 2 is 1.56 bits per heavy atom. The van der Waals surface area contributed by atoms with Gasteiger partial charge in [-0.25, -0.2) is 0 Å². The first-order valence-corrected chi connectivity index (χ1v) is 5.71. The number of rotatable bonds is 5. The smallest absolute Gasteiger partial charge is 0.142 e.